The quantitative estimate of drug-likeness (QED) is 0.506. The van der Waals surface area contributed by atoms with E-state index in [-0.39, 0.29) is 24.9 Å². The molecule has 5 nitrogen and oxygen atoms in total. The fraction of sp³-hybridized carbons (Fsp3) is 0.391. The highest BCUT2D eigenvalue weighted by atomic mass is 19.1. The molecule has 0 aliphatic carbocycles. The minimum absolute atomic E-state index is 0.124. The van der Waals surface area contributed by atoms with Gasteiger partial charge in [0.2, 0.25) is 0 Å². The maximum Gasteiger partial charge on any atom is 0.332 e. The molecule has 0 unspecified atom stereocenters. The van der Waals surface area contributed by atoms with Crippen molar-refractivity contribution in [3.8, 4) is 11.1 Å². The van der Waals surface area contributed by atoms with Crippen LogP contribution in [-0.4, -0.2) is 28.8 Å². The standard InChI is InChI=1S/C23H27FN2O3/c1-5-18-11-12-20-22(16-7-9-17(24)10-8-16)19(13-28-14-21(27)29-6-2)23(15(3)4)25-26(18)20/h7-12,15H,5-6,13-14H2,1-4H3. The fourth-order valence-electron chi connectivity index (χ4n) is 3.48. The summed E-state index contributed by atoms with van der Waals surface area (Å²) in [7, 11) is 0. The number of hydrogen-bond donors (Lipinski definition) is 0. The van der Waals surface area contributed by atoms with Crippen molar-refractivity contribution >= 4 is 11.5 Å². The molecular weight excluding hydrogens is 371 g/mol. The number of carbonyl (C=O) groups excluding carboxylic acids is 1. The van der Waals surface area contributed by atoms with E-state index in [0.717, 1.165) is 40.0 Å². The predicted molar refractivity (Wildman–Crippen MR) is 110 cm³/mol. The van der Waals surface area contributed by atoms with E-state index in [4.69, 9.17) is 14.6 Å². The van der Waals surface area contributed by atoms with Gasteiger partial charge in [0, 0.05) is 16.8 Å². The predicted octanol–water partition coefficient (Wildman–Crippen LogP) is 4.91. The van der Waals surface area contributed by atoms with E-state index in [1.165, 1.54) is 12.1 Å². The Hall–Kier alpha value is -2.73. The van der Waals surface area contributed by atoms with Gasteiger partial charge < -0.3 is 9.47 Å². The van der Waals surface area contributed by atoms with Crippen molar-refractivity contribution in [1.29, 1.82) is 0 Å². The van der Waals surface area contributed by atoms with Crippen LogP contribution >= 0.6 is 0 Å². The van der Waals surface area contributed by atoms with Crippen molar-refractivity contribution in [2.75, 3.05) is 13.2 Å². The highest BCUT2D eigenvalue weighted by Gasteiger charge is 2.21. The first-order valence-electron chi connectivity index (χ1n) is 9.98. The van der Waals surface area contributed by atoms with E-state index in [1.54, 1.807) is 19.1 Å². The lowest BCUT2D eigenvalue weighted by molar-refractivity contribution is -0.148. The van der Waals surface area contributed by atoms with Crippen LogP contribution in [0.2, 0.25) is 0 Å². The zero-order valence-corrected chi connectivity index (χ0v) is 17.4. The Morgan fingerprint density at radius 1 is 1.14 bits per heavy atom. The second-order valence-electron chi connectivity index (χ2n) is 7.17. The van der Waals surface area contributed by atoms with Crippen LogP contribution in [-0.2, 0) is 27.3 Å². The third-order valence-electron chi connectivity index (χ3n) is 4.82. The monoisotopic (exact) mass is 398 g/mol. The Labute approximate surface area is 170 Å². The third kappa shape index (κ3) is 4.48. The van der Waals surface area contributed by atoms with E-state index < -0.39 is 5.97 Å². The van der Waals surface area contributed by atoms with Crippen molar-refractivity contribution < 1.29 is 18.7 Å². The second-order valence-corrected chi connectivity index (χ2v) is 7.17. The summed E-state index contributed by atoms with van der Waals surface area (Å²) in [6.45, 7) is 8.41. The lowest BCUT2D eigenvalue weighted by Crippen LogP contribution is -2.15. The van der Waals surface area contributed by atoms with Gasteiger partial charge in [0.25, 0.3) is 0 Å². The van der Waals surface area contributed by atoms with Gasteiger partial charge in [-0.2, -0.15) is 5.10 Å². The van der Waals surface area contributed by atoms with Crippen LogP contribution in [0.3, 0.4) is 0 Å². The van der Waals surface area contributed by atoms with E-state index in [2.05, 4.69) is 26.8 Å². The summed E-state index contributed by atoms with van der Waals surface area (Å²) in [4.78, 5) is 11.7. The molecule has 0 aliphatic heterocycles. The van der Waals surface area contributed by atoms with Crippen LogP contribution in [0.15, 0.2) is 36.4 Å². The van der Waals surface area contributed by atoms with Crippen LogP contribution < -0.4 is 0 Å². The molecule has 1 aromatic carbocycles. The Morgan fingerprint density at radius 3 is 2.48 bits per heavy atom. The zero-order chi connectivity index (χ0) is 21.0. The number of carbonyl (C=O) groups is 1. The molecule has 29 heavy (non-hydrogen) atoms. The van der Waals surface area contributed by atoms with E-state index in [0.29, 0.717) is 6.61 Å². The molecule has 0 atom stereocenters. The van der Waals surface area contributed by atoms with Crippen LogP contribution in [0, 0.1) is 5.82 Å². The van der Waals surface area contributed by atoms with E-state index in [9.17, 15) is 9.18 Å². The number of aromatic nitrogens is 2. The molecule has 0 aliphatic rings. The molecule has 0 N–H and O–H groups in total. The first kappa shape index (κ1) is 21.0. The first-order chi connectivity index (χ1) is 14.0. The molecule has 0 saturated heterocycles. The summed E-state index contributed by atoms with van der Waals surface area (Å²) < 4.78 is 26.2. The lowest BCUT2D eigenvalue weighted by Gasteiger charge is -2.19. The molecule has 2 heterocycles. The second kappa shape index (κ2) is 9.18. The number of benzene rings is 1. The number of hydrogen-bond acceptors (Lipinski definition) is 4. The largest absolute Gasteiger partial charge is 0.464 e. The lowest BCUT2D eigenvalue weighted by atomic mass is 9.95. The normalized spacial score (nSPS) is 11.4. The topological polar surface area (TPSA) is 52.8 Å². The van der Waals surface area contributed by atoms with Crippen LogP contribution in [0.1, 0.15) is 50.6 Å². The molecule has 0 saturated carbocycles. The highest BCUT2D eigenvalue weighted by molar-refractivity contribution is 5.84. The molecule has 0 radical (unpaired) electrons. The molecule has 0 spiro atoms. The summed E-state index contributed by atoms with van der Waals surface area (Å²) in [6.07, 6.45) is 0.847. The van der Waals surface area contributed by atoms with Gasteiger partial charge in [0.1, 0.15) is 12.4 Å². The van der Waals surface area contributed by atoms with Gasteiger partial charge >= 0.3 is 5.97 Å². The number of nitrogens with zero attached hydrogens (tertiary/aromatic N) is 2. The average molecular weight is 398 g/mol. The molecule has 3 rings (SSSR count). The Morgan fingerprint density at radius 2 is 1.86 bits per heavy atom. The van der Waals surface area contributed by atoms with Gasteiger partial charge in [-0.15, -0.1) is 0 Å². The first-order valence-corrected chi connectivity index (χ1v) is 9.98. The van der Waals surface area contributed by atoms with Gasteiger partial charge in [0.05, 0.1) is 24.4 Å². The SMILES string of the molecule is CCOC(=O)COCc1c(C(C)C)nn2c(CC)ccc2c1-c1ccc(F)cc1. The van der Waals surface area contributed by atoms with Crippen LogP contribution in [0.4, 0.5) is 4.39 Å². The van der Waals surface area contributed by atoms with Crippen molar-refractivity contribution in [1.82, 2.24) is 9.61 Å². The van der Waals surface area contributed by atoms with Crippen LogP contribution in [0.5, 0.6) is 0 Å². The van der Waals surface area contributed by atoms with Crippen molar-refractivity contribution in [2.24, 2.45) is 0 Å². The summed E-state index contributed by atoms with van der Waals surface area (Å²) in [5, 5.41) is 4.89. The molecule has 3 aromatic rings. The third-order valence-corrected chi connectivity index (χ3v) is 4.82. The van der Waals surface area contributed by atoms with Gasteiger partial charge in [0.15, 0.2) is 0 Å². The Bertz CT molecular complexity index is 994. The highest BCUT2D eigenvalue weighted by Crippen LogP contribution is 2.34. The van der Waals surface area contributed by atoms with Crippen molar-refractivity contribution in [3.63, 3.8) is 0 Å². The van der Waals surface area contributed by atoms with E-state index in [1.807, 2.05) is 10.6 Å². The molecule has 154 valence electrons. The maximum absolute atomic E-state index is 13.6. The summed E-state index contributed by atoms with van der Waals surface area (Å²) >= 11 is 0. The van der Waals surface area contributed by atoms with E-state index >= 15 is 0 Å². The minimum atomic E-state index is -0.396. The summed E-state index contributed by atoms with van der Waals surface area (Å²) in [5.41, 5.74) is 5.68. The minimum Gasteiger partial charge on any atom is -0.464 e. The average Bonchev–Trinajstić information content (AvgIpc) is 3.11. The molecule has 0 amide bonds. The Kier molecular flexibility index (Phi) is 6.64. The molecule has 0 fully saturated rings. The number of rotatable bonds is 8. The maximum atomic E-state index is 13.6. The van der Waals surface area contributed by atoms with Gasteiger partial charge in [-0.05, 0) is 49.1 Å². The fourth-order valence-corrected chi connectivity index (χ4v) is 3.48. The molecule has 0 bridgehead atoms. The molecular formula is C23H27FN2O3. The molecule has 2 aromatic heterocycles. The Balaban J connectivity index is 2.15. The summed E-state index contributed by atoms with van der Waals surface area (Å²) in [5.74, 6) is -0.536. The van der Waals surface area contributed by atoms with Crippen LogP contribution in [0.25, 0.3) is 16.6 Å². The summed E-state index contributed by atoms with van der Waals surface area (Å²) in [6, 6.07) is 10.5. The molecule has 6 heteroatoms. The number of ether oxygens (including phenoxy) is 2. The van der Waals surface area contributed by atoms with Gasteiger partial charge in [-0.3, -0.25) is 0 Å². The number of aryl methyl sites for hydroxylation is 1. The van der Waals surface area contributed by atoms with Crippen molar-refractivity contribution in [2.45, 2.75) is 46.6 Å². The van der Waals surface area contributed by atoms with Crippen molar-refractivity contribution in [3.05, 3.63) is 59.2 Å². The van der Waals surface area contributed by atoms with Gasteiger partial charge in [-0.1, -0.05) is 32.9 Å². The number of halogens is 1. The zero-order valence-electron chi connectivity index (χ0n) is 17.4. The van der Waals surface area contributed by atoms with Gasteiger partial charge in [-0.25, -0.2) is 13.7 Å². The smallest absolute Gasteiger partial charge is 0.332 e. The number of fused-ring (bicyclic) bond motifs is 1. The number of esters is 1.